The van der Waals surface area contributed by atoms with Gasteiger partial charge in [-0.3, -0.25) is 14.5 Å². The molecule has 0 spiro atoms. The Balaban J connectivity index is 2.03. The third-order valence-electron chi connectivity index (χ3n) is 3.79. The van der Waals surface area contributed by atoms with E-state index in [1.807, 2.05) is 0 Å². The van der Waals surface area contributed by atoms with Crippen LogP contribution in [0.5, 0.6) is 0 Å². The minimum atomic E-state index is -1.05. The molecule has 1 unspecified atom stereocenters. The second kappa shape index (κ2) is 5.99. The van der Waals surface area contributed by atoms with Crippen LogP contribution in [0.25, 0.3) is 0 Å². The highest BCUT2D eigenvalue weighted by atomic mass is 35.5. The average Bonchev–Trinajstić information content (AvgIpc) is 2.76. The van der Waals surface area contributed by atoms with E-state index in [1.54, 1.807) is 11.8 Å². The van der Waals surface area contributed by atoms with Crippen LogP contribution in [0.4, 0.5) is 10.1 Å². The Morgan fingerprint density at radius 3 is 2.86 bits per heavy atom. The second-order valence-electron chi connectivity index (χ2n) is 5.28. The molecule has 1 aromatic rings. The van der Waals surface area contributed by atoms with E-state index >= 15 is 0 Å². The third-order valence-corrected chi connectivity index (χ3v) is 4.03. The molecule has 2 rings (SSSR count). The number of anilines is 1. The van der Waals surface area contributed by atoms with Crippen LogP contribution in [0.3, 0.4) is 0 Å². The number of carbonyl (C=O) groups excluding carboxylic acids is 1. The van der Waals surface area contributed by atoms with Crippen LogP contribution in [0.15, 0.2) is 18.2 Å². The Morgan fingerprint density at radius 2 is 2.24 bits per heavy atom. The summed E-state index contributed by atoms with van der Waals surface area (Å²) >= 11 is 5.64. The van der Waals surface area contributed by atoms with Crippen LogP contribution in [0.1, 0.15) is 19.8 Å². The van der Waals surface area contributed by atoms with Crippen molar-refractivity contribution in [2.24, 2.45) is 0 Å². The van der Waals surface area contributed by atoms with Crippen LogP contribution >= 0.6 is 11.6 Å². The van der Waals surface area contributed by atoms with Gasteiger partial charge < -0.3 is 10.4 Å². The Morgan fingerprint density at radius 1 is 1.52 bits per heavy atom. The average molecular weight is 315 g/mol. The largest absolute Gasteiger partial charge is 0.480 e. The van der Waals surface area contributed by atoms with E-state index in [1.165, 1.54) is 12.1 Å². The van der Waals surface area contributed by atoms with E-state index < -0.39 is 23.2 Å². The van der Waals surface area contributed by atoms with Crippen LogP contribution in [-0.4, -0.2) is 40.5 Å². The van der Waals surface area contributed by atoms with Crippen LogP contribution in [0, 0.1) is 5.82 Å². The van der Waals surface area contributed by atoms with Gasteiger partial charge in [-0.15, -0.1) is 0 Å². The highest BCUT2D eigenvalue weighted by Crippen LogP contribution is 2.29. The topological polar surface area (TPSA) is 69.6 Å². The number of hydrogen-bond donors (Lipinski definition) is 2. The number of rotatable bonds is 4. The predicted octanol–water partition coefficient (Wildman–Crippen LogP) is 2.36. The van der Waals surface area contributed by atoms with E-state index in [4.69, 9.17) is 11.6 Å². The molecule has 0 bridgehead atoms. The van der Waals surface area contributed by atoms with Gasteiger partial charge in [0, 0.05) is 5.02 Å². The monoisotopic (exact) mass is 314 g/mol. The second-order valence-corrected chi connectivity index (χ2v) is 5.71. The highest BCUT2D eigenvalue weighted by molar-refractivity contribution is 6.30. The van der Waals surface area contributed by atoms with E-state index in [2.05, 4.69) is 5.32 Å². The number of aliphatic carboxylic acids is 1. The molecule has 1 heterocycles. The fourth-order valence-corrected chi connectivity index (χ4v) is 2.63. The number of likely N-dealkylation sites (tertiary alicyclic amines) is 1. The van der Waals surface area contributed by atoms with Crippen molar-refractivity contribution < 1.29 is 19.1 Å². The highest BCUT2D eigenvalue weighted by Gasteiger charge is 2.43. The Hall–Kier alpha value is -1.66. The van der Waals surface area contributed by atoms with Gasteiger partial charge in [0.2, 0.25) is 5.91 Å². The first kappa shape index (κ1) is 15.7. The molecule has 1 saturated heterocycles. The van der Waals surface area contributed by atoms with E-state index in [9.17, 15) is 19.1 Å². The van der Waals surface area contributed by atoms with Crippen LogP contribution in [0.2, 0.25) is 5.02 Å². The first-order valence-corrected chi connectivity index (χ1v) is 6.94. The summed E-state index contributed by atoms with van der Waals surface area (Å²) in [6.45, 7) is 2.03. The Bertz CT molecular complexity index is 581. The van der Waals surface area contributed by atoms with Crippen molar-refractivity contribution in [3.05, 3.63) is 29.0 Å². The molecular formula is C14H16ClFN2O3. The van der Waals surface area contributed by atoms with E-state index in [0.717, 1.165) is 6.07 Å². The number of amides is 1. The molecule has 0 aliphatic carbocycles. The summed E-state index contributed by atoms with van der Waals surface area (Å²) in [4.78, 5) is 24.9. The first-order valence-electron chi connectivity index (χ1n) is 6.56. The van der Waals surface area contributed by atoms with Gasteiger partial charge >= 0.3 is 5.97 Å². The third kappa shape index (κ3) is 3.33. The number of hydrogen-bond acceptors (Lipinski definition) is 3. The normalized spacial score (nSPS) is 22.2. The molecule has 1 amide bonds. The molecule has 1 fully saturated rings. The van der Waals surface area contributed by atoms with Crippen LogP contribution in [-0.2, 0) is 9.59 Å². The van der Waals surface area contributed by atoms with Gasteiger partial charge in [-0.25, -0.2) is 4.39 Å². The molecule has 5 nitrogen and oxygen atoms in total. The van der Waals surface area contributed by atoms with Crippen LogP contribution < -0.4 is 5.32 Å². The number of carboxylic acid groups (broad SMARTS) is 1. The lowest BCUT2D eigenvalue weighted by atomic mass is 9.99. The van der Waals surface area contributed by atoms with Gasteiger partial charge in [-0.1, -0.05) is 11.6 Å². The van der Waals surface area contributed by atoms with Gasteiger partial charge in [-0.05, 0) is 44.5 Å². The van der Waals surface area contributed by atoms with Gasteiger partial charge in [0.05, 0.1) is 12.2 Å². The molecule has 21 heavy (non-hydrogen) atoms. The smallest absolute Gasteiger partial charge is 0.323 e. The molecule has 2 N–H and O–H groups in total. The zero-order valence-electron chi connectivity index (χ0n) is 11.5. The van der Waals surface area contributed by atoms with E-state index in [-0.39, 0.29) is 17.3 Å². The molecule has 1 aliphatic rings. The molecule has 0 radical (unpaired) electrons. The number of benzene rings is 1. The molecule has 1 aliphatic heterocycles. The Kier molecular flexibility index (Phi) is 4.49. The predicted molar refractivity (Wildman–Crippen MR) is 76.9 cm³/mol. The standard InChI is InChI=1S/C14H16ClFN2O3/c1-14(13(20)21)5-2-6-18(14)8-12(19)17-11-4-3-9(15)7-10(11)16/h3-4,7H,2,5-6,8H2,1H3,(H,17,19)(H,20,21). The van der Waals surface area contributed by atoms with Crippen molar-refractivity contribution in [2.75, 3.05) is 18.4 Å². The minimum Gasteiger partial charge on any atom is -0.480 e. The maximum absolute atomic E-state index is 13.6. The van der Waals surface area contributed by atoms with Gasteiger partial charge in [0.15, 0.2) is 0 Å². The van der Waals surface area contributed by atoms with Gasteiger partial charge in [0.1, 0.15) is 11.4 Å². The molecule has 1 aromatic carbocycles. The molecule has 0 saturated carbocycles. The summed E-state index contributed by atoms with van der Waals surface area (Å²) in [6, 6.07) is 3.95. The van der Waals surface area contributed by atoms with E-state index in [0.29, 0.717) is 19.4 Å². The summed E-state index contributed by atoms with van der Waals surface area (Å²) in [7, 11) is 0. The molecular weight excluding hydrogens is 299 g/mol. The lowest BCUT2D eigenvalue weighted by molar-refractivity contribution is -0.149. The minimum absolute atomic E-state index is 0.0284. The zero-order valence-corrected chi connectivity index (χ0v) is 12.3. The number of carbonyl (C=O) groups is 2. The number of carboxylic acids is 1. The maximum atomic E-state index is 13.6. The first-order chi connectivity index (χ1) is 9.83. The number of nitrogens with zero attached hydrogens (tertiary/aromatic N) is 1. The van der Waals surface area contributed by atoms with Crippen molar-refractivity contribution in [1.82, 2.24) is 4.90 Å². The molecule has 114 valence electrons. The molecule has 0 aromatic heterocycles. The van der Waals surface area contributed by atoms with Gasteiger partial charge in [-0.2, -0.15) is 0 Å². The maximum Gasteiger partial charge on any atom is 0.323 e. The lowest BCUT2D eigenvalue weighted by Crippen LogP contribution is -2.50. The van der Waals surface area contributed by atoms with Crippen molar-refractivity contribution in [3.8, 4) is 0 Å². The lowest BCUT2D eigenvalue weighted by Gasteiger charge is -2.30. The van der Waals surface area contributed by atoms with Crippen molar-refractivity contribution in [1.29, 1.82) is 0 Å². The summed E-state index contributed by atoms with van der Waals surface area (Å²) in [5, 5.41) is 11.9. The van der Waals surface area contributed by atoms with Gasteiger partial charge in [0.25, 0.3) is 0 Å². The van der Waals surface area contributed by atoms with Crippen molar-refractivity contribution in [2.45, 2.75) is 25.3 Å². The number of nitrogens with one attached hydrogen (secondary N) is 1. The fraction of sp³-hybridized carbons (Fsp3) is 0.429. The summed E-state index contributed by atoms with van der Waals surface area (Å²) in [5.41, 5.74) is -1.02. The number of halogens is 2. The SMILES string of the molecule is CC1(C(=O)O)CCCN1CC(=O)Nc1ccc(Cl)cc1F. The fourth-order valence-electron chi connectivity index (χ4n) is 2.47. The van der Waals surface area contributed by atoms with Crippen molar-refractivity contribution >= 4 is 29.2 Å². The summed E-state index contributed by atoms with van der Waals surface area (Å²) in [5.74, 6) is -2.03. The molecule has 7 heteroatoms. The zero-order chi connectivity index (χ0) is 15.6. The molecule has 1 atom stereocenters. The quantitative estimate of drug-likeness (QED) is 0.895. The summed E-state index contributed by atoms with van der Waals surface area (Å²) in [6.07, 6.45) is 1.20. The van der Waals surface area contributed by atoms with Crippen molar-refractivity contribution in [3.63, 3.8) is 0 Å². The Labute approximate surface area is 126 Å². The summed E-state index contributed by atoms with van der Waals surface area (Å²) < 4.78 is 13.6.